The number of piperidine rings is 1. The summed E-state index contributed by atoms with van der Waals surface area (Å²) in [4.78, 5) is 4.70. The van der Waals surface area contributed by atoms with Gasteiger partial charge in [-0.2, -0.15) is 0 Å². The lowest BCUT2D eigenvalue weighted by molar-refractivity contribution is 0.0735. The largest absolute Gasteiger partial charge is 0.384 e. The van der Waals surface area contributed by atoms with Crippen LogP contribution < -0.4 is 5.32 Å². The van der Waals surface area contributed by atoms with E-state index in [4.69, 9.17) is 4.98 Å². The average molecular weight is 246 g/mol. The third-order valence-corrected chi connectivity index (χ3v) is 4.47. The Morgan fingerprint density at radius 3 is 2.61 bits per heavy atom. The second-order valence-electron chi connectivity index (χ2n) is 6.46. The highest BCUT2D eigenvalue weighted by Gasteiger charge is 2.39. The van der Waals surface area contributed by atoms with Gasteiger partial charge in [-0.3, -0.25) is 4.98 Å². The van der Waals surface area contributed by atoms with E-state index < -0.39 is 5.60 Å². The van der Waals surface area contributed by atoms with Crippen molar-refractivity contribution in [2.24, 2.45) is 5.41 Å². The number of aliphatic hydroxyl groups is 1. The molecule has 1 aromatic rings. The fraction of sp³-hybridized carbons (Fsp3) is 0.667. The molecule has 0 saturated carbocycles. The second-order valence-corrected chi connectivity index (χ2v) is 6.46. The molecule has 2 aliphatic rings. The van der Waals surface area contributed by atoms with Crippen LogP contribution in [0, 0.1) is 5.41 Å². The van der Waals surface area contributed by atoms with Crippen LogP contribution in [0.3, 0.4) is 0 Å². The van der Waals surface area contributed by atoms with E-state index in [0.29, 0.717) is 5.41 Å². The number of fused-ring (bicyclic) bond motifs is 1. The lowest BCUT2D eigenvalue weighted by Gasteiger charge is -2.33. The molecule has 0 atom stereocenters. The van der Waals surface area contributed by atoms with Crippen molar-refractivity contribution in [1.29, 1.82) is 0 Å². The van der Waals surface area contributed by atoms with Gasteiger partial charge in [-0.25, -0.2) is 0 Å². The van der Waals surface area contributed by atoms with E-state index in [9.17, 15) is 5.11 Å². The molecule has 1 fully saturated rings. The number of rotatable bonds is 1. The van der Waals surface area contributed by atoms with Crippen LogP contribution in [-0.2, 0) is 18.4 Å². The first-order chi connectivity index (χ1) is 8.49. The van der Waals surface area contributed by atoms with Crippen LogP contribution in [0.15, 0.2) is 12.1 Å². The van der Waals surface area contributed by atoms with E-state index >= 15 is 0 Å². The molecule has 0 amide bonds. The van der Waals surface area contributed by atoms with Crippen LogP contribution in [-0.4, -0.2) is 23.2 Å². The lowest BCUT2D eigenvalue weighted by Crippen LogP contribution is -2.37. The molecule has 1 aliphatic heterocycles. The predicted molar refractivity (Wildman–Crippen MR) is 71.4 cm³/mol. The molecule has 1 spiro atoms. The Bertz CT molecular complexity index is 456. The molecule has 18 heavy (non-hydrogen) atoms. The van der Waals surface area contributed by atoms with Crippen molar-refractivity contribution in [2.45, 2.75) is 45.1 Å². The Labute approximate surface area is 109 Å². The van der Waals surface area contributed by atoms with E-state index in [0.717, 1.165) is 25.2 Å². The zero-order valence-corrected chi connectivity index (χ0v) is 11.3. The van der Waals surface area contributed by atoms with E-state index in [1.165, 1.54) is 30.5 Å². The topological polar surface area (TPSA) is 45.2 Å². The number of hydrogen-bond acceptors (Lipinski definition) is 3. The van der Waals surface area contributed by atoms with Crippen LogP contribution in [0.1, 0.15) is 43.6 Å². The fourth-order valence-corrected chi connectivity index (χ4v) is 3.32. The maximum atomic E-state index is 10.0. The first kappa shape index (κ1) is 12.1. The minimum Gasteiger partial charge on any atom is -0.384 e. The molecule has 1 aliphatic carbocycles. The number of pyridine rings is 1. The molecule has 0 radical (unpaired) electrons. The maximum Gasteiger partial charge on any atom is 0.101 e. The normalized spacial score (nSPS) is 22.2. The van der Waals surface area contributed by atoms with E-state index in [2.05, 4.69) is 11.4 Å². The Hall–Kier alpha value is -0.930. The number of hydrogen-bond donors (Lipinski definition) is 2. The summed E-state index contributed by atoms with van der Waals surface area (Å²) < 4.78 is 0. The van der Waals surface area contributed by atoms with Gasteiger partial charge >= 0.3 is 0 Å². The van der Waals surface area contributed by atoms with Gasteiger partial charge in [0, 0.05) is 5.69 Å². The lowest BCUT2D eigenvalue weighted by atomic mass is 9.77. The zero-order valence-electron chi connectivity index (χ0n) is 11.3. The van der Waals surface area contributed by atoms with Gasteiger partial charge in [0.05, 0.1) is 5.69 Å². The van der Waals surface area contributed by atoms with E-state index in [-0.39, 0.29) is 0 Å². The summed E-state index contributed by atoms with van der Waals surface area (Å²) in [5.74, 6) is 0. The van der Waals surface area contributed by atoms with Crippen molar-refractivity contribution in [3.05, 3.63) is 29.1 Å². The highest BCUT2D eigenvalue weighted by Crippen LogP contribution is 2.43. The Morgan fingerprint density at radius 1 is 1.22 bits per heavy atom. The van der Waals surface area contributed by atoms with Gasteiger partial charge in [0.2, 0.25) is 0 Å². The Balaban J connectivity index is 1.89. The second kappa shape index (κ2) is 4.04. The van der Waals surface area contributed by atoms with Crippen LogP contribution in [0.2, 0.25) is 0 Å². The fourth-order valence-electron chi connectivity index (χ4n) is 3.32. The summed E-state index contributed by atoms with van der Waals surface area (Å²) in [5, 5.41) is 13.5. The van der Waals surface area contributed by atoms with E-state index in [1.807, 2.05) is 6.07 Å². The van der Waals surface area contributed by atoms with Crippen LogP contribution in [0.5, 0.6) is 0 Å². The summed E-state index contributed by atoms with van der Waals surface area (Å²) in [5.41, 5.74) is 3.02. The average Bonchev–Trinajstić information content (AvgIpc) is 2.65. The molecule has 2 heterocycles. The highest BCUT2D eigenvalue weighted by atomic mass is 16.3. The van der Waals surface area contributed by atoms with Crippen LogP contribution in [0.4, 0.5) is 0 Å². The Kier molecular flexibility index (Phi) is 2.72. The van der Waals surface area contributed by atoms with Crippen molar-refractivity contribution in [2.75, 3.05) is 13.1 Å². The van der Waals surface area contributed by atoms with Gasteiger partial charge in [0.25, 0.3) is 0 Å². The van der Waals surface area contributed by atoms with Crippen LogP contribution >= 0.6 is 0 Å². The molecule has 98 valence electrons. The zero-order chi connectivity index (χ0) is 12.8. The SMILES string of the molecule is CC(C)(O)c1ccc2c(n1)CC1(CCNCC1)C2. The van der Waals surface area contributed by atoms with Crippen molar-refractivity contribution in [1.82, 2.24) is 10.3 Å². The molecule has 1 saturated heterocycles. The summed E-state index contributed by atoms with van der Waals surface area (Å²) in [7, 11) is 0. The standard InChI is InChI=1S/C15H22N2O/c1-14(2,18)13-4-3-11-9-15(10-12(11)17-13)5-7-16-8-6-15/h3-4,16,18H,5-10H2,1-2H3. The Morgan fingerprint density at radius 2 is 1.94 bits per heavy atom. The first-order valence-electron chi connectivity index (χ1n) is 6.91. The highest BCUT2D eigenvalue weighted by molar-refractivity contribution is 5.32. The molecule has 3 nitrogen and oxygen atoms in total. The molecular weight excluding hydrogens is 224 g/mol. The predicted octanol–water partition coefficient (Wildman–Crippen LogP) is 1.78. The van der Waals surface area contributed by atoms with E-state index in [1.54, 1.807) is 13.8 Å². The van der Waals surface area contributed by atoms with Crippen molar-refractivity contribution < 1.29 is 5.11 Å². The summed E-state index contributed by atoms with van der Waals surface area (Å²) in [6.45, 7) is 5.87. The maximum absolute atomic E-state index is 10.0. The minimum atomic E-state index is -0.834. The van der Waals surface area contributed by atoms with Gasteiger partial charge in [-0.05, 0) is 69.7 Å². The van der Waals surface area contributed by atoms with Crippen molar-refractivity contribution in [3.8, 4) is 0 Å². The van der Waals surface area contributed by atoms with Gasteiger partial charge in [0.1, 0.15) is 5.60 Å². The van der Waals surface area contributed by atoms with Gasteiger partial charge in [-0.1, -0.05) is 6.07 Å². The summed E-state index contributed by atoms with van der Waals surface area (Å²) in [6, 6.07) is 4.16. The van der Waals surface area contributed by atoms with Crippen molar-refractivity contribution in [3.63, 3.8) is 0 Å². The van der Waals surface area contributed by atoms with Gasteiger partial charge < -0.3 is 10.4 Å². The molecule has 0 bridgehead atoms. The quantitative estimate of drug-likeness (QED) is 0.794. The molecule has 3 heteroatoms. The number of nitrogens with zero attached hydrogens (tertiary/aromatic N) is 1. The molecule has 0 unspecified atom stereocenters. The third-order valence-electron chi connectivity index (χ3n) is 4.47. The smallest absolute Gasteiger partial charge is 0.101 e. The molecule has 2 N–H and O–H groups in total. The molecule has 3 rings (SSSR count). The van der Waals surface area contributed by atoms with Gasteiger partial charge in [0.15, 0.2) is 0 Å². The van der Waals surface area contributed by atoms with Gasteiger partial charge in [-0.15, -0.1) is 0 Å². The number of aromatic nitrogens is 1. The summed E-state index contributed by atoms with van der Waals surface area (Å²) >= 11 is 0. The van der Waals surface area contributed by atoms with Crippen molar-refractivity contribution >= 4 is 0 Å². The molecule has 1 aromatic heterocycles. The van der Waals surface area contributed by atoms with Crippen LogP contribution in [0.25, 0.3) is 0 Å². The molecule has 0 aromatic carbocycles. The monoisotopic (exact) mass is 246 g/mol. The minimum absolute atomic E-state index is 0.443. The number of nitrogens with one attached hydrogen (secondary N) is 1. The first-order valence-corrected chi connectivity index (χ1v) is 6.91. The molecular formula is C15H22N2O. The summed E-state index contributed by atoms with van der Waals surface area (Å²) in [6.07, 6.45) is 4.76. The third kappa shape index (κ3) is 2.06.